The topological polar surface area (TPSA) is 228 Å². The van der Waals surface area contributed by atoms with E-state index in [1.54, 1.807) is 13.8 Å². The summed E-state index contributed by atoms with van der Waals surface area (Å²) in [5.41, 5.74) is 7.04. The number of aliphatic carboxylic acids is 1. The van der Waals surface area contributed by atoms with Crippen LogP contribution in [0.25, 0.3) is 0 Å². The van der Waals surface area contributed by atoms with Crippen molar-refractivity contribution < 1.29 is 29.4 Å². The van der Waals surface area contributed by atoms with Gasteiger partial charge in [0, 0.05) is 36.6 Å². The van der Waals surface area contributed by atoms with Gasteiger partial charge in [-0.3, -0.25) is 14.4 Å². The second-order valence-electron chi connectivity index (χ2n) is 8.04. The maximum absolute atomic E-state index is 12.8. The average Bonchev–Trinajstić information content (AvgIpc) is 3.48. The molecule has 3 amide bonds. The summed E-state index contributed by atoms with van der Waals surface area (Å²) in [7, 11) is 0. The van der Waals surface area contributed by atoms with Crippen molar-refractivity contribution >= 4 is 23.7 Å². The van der Waals surface area contributed by atoms with Crippen LogP contribution in [-0.4, -0.2) is 84.6 Å². The highest BCUT2D eigenvalue weighted by atomic mass is 16.4. The molecule has 4 atom stereocenters. The molecule has 4 unspecified atom stereocenters. The highest BCUT2D eigenvalue weighted by Crippen LogP contribution is 2.05. The number of rotatable bonds is 13. The number of aliphatic hydroxyl groups excluding tert-OH is 1. The van der Waals surface area contributed by atoms with E-state index in [1.807, 2.05) is 0 Å². The third-order valence-corrected chi connectivity index (χ3v) is 4.99. The number of nitrogens with two attached hydrogens (primary N) is 1. The number of carbonyl (C=O) groups is 4. The molecule has 0 fully saturated rings. The standard InChI is InChI=1S/C20H30N8O6/c1-10(2)16(28-17(30)13(21)3-11-5-22-8-24-11)19(32)27-15(7-29)18(31)26-14(20(33)34)4-12-6-23-9-25-12/h5-6,8-10,13-16,29H,3-4,7,21H2,1-2H3,(H,22,24)(H,23,25)(H,26,31)(H,27,32)(H,28,30)(H,33,34). The minimum atomic E-state index is -1.44. The molecule has 186 valence electrons. The molecule has 2 aromatic rings. The Balaban J connectivity index is 1.99. The summed E-state index contributed by atoms with van der Waals surface area (Å²) < 4.78 is 0. The number of hydrogen-bond acceptors (Lipinski definition) is 8. The van der Waals surface area contributed by atoms with E-state index in [0.29, 0.717) is 11.4 Å². The fourth-order valence-corrected chi connectivity index (χ4v) is 3.07. The summed E-state index contributed by atoms with van der Waals surface area (Å²) in [4.78, 5) is 62.6. The minimum absolute atomic E-state index is 0.0773. The predicted molar refractivity (Wildman–Crippen MR) is 118 cm³/mol. The van der Waals surface area contributed by atoms with Gasteiger partial charge in [0.05, 0.1) is 25.3 Å². The van der Waals surface area contributed by atoms with Gasteiger partial charge >= 0.3 is 5.97 Å². The molecule has 14 heteroatoms. The number of aromatic amines is 2. The fourth-order valence-electron chi connectivity index (χ4n) is 3.07. The van der Waals surface area contributed by atoms with Gasteiger partial charge in [-0.05, 0) is 5.92 Å². The highest BCUT2D eigenvalue weighted by molar-refractivity contribution is 5.94. The van der Waals surface area contributed by atoms with E-state index < -0.39 is 54.5 Å². The molecule has 0 aliphatic rings. The minimum Gasteiger partial charge on any atom is -0.480 e. The molecule has 2 rings (SSSR count). The van der Waals surface area contributed by atoms with E-state index in [1.165, 1.54) is 25.0 Å². The van der Waals surface area contributed by atoms with Crippen molar-refractivity contribution in [3.8, 4) is 0 Å². The van der Waals surface area contributed by atoms with Gasteiger partial charge in [0.25, 0.3) is 0 Å². The lowest BCUT2D eigenvalue weighted by molar-refractivity contribution is -0.142. The molecule has 2 aromatic heterocycles. The summed E-state index contributed by atoms with van der Waals surface area (Å²) in [5.74, 6) is -3.89. The number of aromatic nitrogens is 4. The molecule has 34 heavy (non-hydrogen) atoms. The summed E-state index contributed by atoms with van der Waals surface area (Å²) in [6.45, 7) is 2.58. The first-order chi connectivity index (χ1) is 16.1. The largest absolute Gasteiger partial charge is 0.480 e. The Morgan fingerprint density at radius 3 is 1.94 bits per heavy atom. The lowest BCUT2D eigenvalue weighted by Gasteiger charge is -2.26. The SMILES string of the molecule is CC(C)C(NC(=O)C(N)Cc1cnc[nH]1)C(=O)NC(CO)C(=O)NC(Cc1cnc[nH]1)C(=O)O. The first-order valence-electron chi connectivity index (χ1n) is 10.6. The first-order valence-corrected chi connectivity index (χ1v) is 10.6. The van der Waals surface area contributed by atoms with Crippen molar-refractivity contribution in [2.45, 2.75) is 50.9 Å². The molecule has 9 N–H and O–H groups in total. The van der Waals surface area contributed by atoms with Gasteiger partial charge in [-0.1, -0.05) is 13.8 Å². The second kappa shape index (κ2) is 12.5. The smallest absolute Gasteiger partial charge is 0.326 e. The van der Waals surface area contributed by atoms with Crippen molar-refractivity contribution in [1.82, 2.24) is 35.9 Å². The van der Waals surface area contributed by atoms with Crippen molar-refractivity contribution in [2.75, 3.05) is 6.61 Å². The molecule has 0 aromatic carbocycles. The third-order valence-electron chi connectivity index (χ3n) is 4.99. The summed E-state index contributed by atoms with van der Waals surface area (Å²) in [6, 6.07) is -4.76. The molecule has 14 nitrogen and oxygen atoms in total. The number of carboxylic acid groups (broad SMARTS) is 1. The normalized spacial score (nSPS) is 14.6. The van der Waals surface area contributed by atoms with Gasteiger partial charge in [-0.2, -0.15) is 0 Å². The van der Waals surface area contributed by atoms with Gasteiger partial charge in [0.1, 0.15) is 18.1 Å². The number of carbonyl (C=O) groups excluding carboxylic acids is 3. The molecule has 2 heterocycles. The van der Waals surface area contributed by atoms with E-state index in [2.05, 4.69) is 35.9 Å². The molecule has 0 aliphatic heterocycles. The van der Waals surface area contributed by atoms with Crippen molar-refractivity contribution in [3.05, 3.63) is 36.4 Å². The van der Waals surface area contributed by atoms with Crippen LogP contribution >= 0.6 is 0 Å². The first kappa shape index (κ1) is 26.5. The molecule has 0 spiro atoms. The number of amides is 3. The van der Waals surface area contributed by atoms with Crippen molar-refractivity contribution in [2.24, 2.45) is 11.7 Å². The summed E-state index contributed by atoms with van der Waals surface area (Å²) >= 11 is 0. The Morgan fingerprint density at radius 1 is 0.912 bits per heavy atom. The average molecular weight is 479 g/mol. The number of carboxylic acids is 1. The number of imidazole rings is 2. The number of nitrogens with zero attached hydrogens (tertiary/aromatic N) is 2. The molecule has 0 bridgehead atoms. The van der Waals surface area contributed by atoms with Crippen LogP contribution in [0.1, 0.15) is 25.2 Å². The Labute approximate surface area is 195 Å². The van der Waals surface area contributed by atoms with E-state index in [4.69, 9.17) is 5.73 Å². The van der Waals surface area contributed by atoms with E-state index in [0.717, 1.165) is 0 Å². The Bertz CT molecular complexity index is 946. The molecular formula is C20H30N8O6. The number of H-pyrrole nitrogens is 2. The molecular weight excluding hydrogens is 448 g/mol. The van der Waals surface area contributed by atoms with Crippen LogP contribution in [0, 0.1) is 5.92 Å². The Morgan fingerprint density at radius 2 is 1.47 bits per heavy atom. The van der Waals surface area contributed by atoms with Crippen LogP contribution in [0.2, 0.25) is 0 Å². The zero-order chi connectivity index (χ0) is 25.3. The monoisotopic (exact) mass is 478 g/mol. The number of hydrogen-bond donors (Lipinski definition) is 8. The molecule has 0 saturated carbocycles. The Kier molecular flexibility index (Phi) is 9.70. The van der Waals surface area contributed by atoms with Crippen LogP contribution < -0.4 is 21.7 Å². The van der Waals surface area contributed by atoms with Gasteiger partial charge in [0.15, 0.2) is 0 Å². The maximum Gasteiger partial charge on any atom is 0.326 e. The summed E-state index contributed by atoms with van der Waals surface area (Å²) in [5, 5.41) is 26.2. The van der Waals surface area contributed by atoms with Crippen molar-refractivity contribution in [3.63, 3.8) is 0 Å². The van der Waals surface area contributed by atoms with Crippen LogP contribution in [0.4, 0.5) is 0 Å². The van der Waals surface area contributed by atoms with Crippen LogP contribution in [0.5, 0.6) is 0 Å². The quantitative estimate of drug-likeness (QED) is 0.151. The second-order valence-corrected chi connectivity index (χ2v) is 8.04. The number of aliphatic hydroxyl groups is 1. The molecule has 0 saturated heterocycles. The lowest BCUT2D eigenvalue weighted by atomic mass is 10.0. The number of nitrogens with one attached hydrogen (secondary N) is 5. The third kappa shape index (κ3) is 7.67. The fraction of sp³-hybridized carbons (Fsp3) is 0.500. The molecule has 0 aliphatic carbocycles. The van der Waals surface area contributed by atoms with Crippen LogP contribution in [0.15, 0.2) is 25.0 Å². The maximum atomic E-state index is 12.8. The van der Waals surface area contributed by atoms with Crippen molar-refractivity contribution in [1.29, 1.82) is 0 Å². The van der Waals surface area contributed by atoms with Gasteiger partial charge < -0.3 is 41.9 Å². The lowest BCUT2D eigenvalue weighted by Crippen LogP contribution is -2.59. The Hall–Kier alpha value is -3.78. The zero-order valence-electron chi connectivity index (χ0n) is 18.8. The van der Waals surface area contributed by atoms with Crippen LogP contribution in [-0.2, 0) is 32.0 Å². The highest BCUT2D eigenvalue weighted by Gasteiger charge is 2.31. The van der Waals surface area contributed by atoms with E-state index >= 15 is 0 Å². The molecule has 0 radical (unpaired) electrons. The predicted octanol–water partition coefficient (Wildman–Crippen LogP) is -2.57. The summed E-state index contributed by atoms with van der Waals surface area (Å²) in [6.07, 6.45) is 5.86. The van der Waals surface area contributed by atoms with Gasteiger partial charge in [-0.15, -0.1) is 0 Å². The zero-order valence-corrected chi connectivity index (χ0v) is 18.8. The van der Waals surface area contributed by atoms with Crippen LogP contribution in [0.3, 0.4) is 0 Å². The van der Waals surface area contributed by atoms with E-state index in [-0.39, 0.29) is 18.8 Å². The van der Waals surface area contributed by atoms with Gasteiger partial charge in [0.2, 0.25) is 17.7 Å². The van der Waals surface area contributed by atoms with Gasteiger partial charge in [-0.25, -0.2) is 14.8 Å². The van der Waals surface area contributed by atoms with E-state index in [9.17, 15) is 29.4 Å².